The molecule has 0 aromatic heterocycles. The van der Waals surface area contributed by atoms with E-state index in [4.69, 9.17) is 4.74 Å². The highest BCUT2D eigenvalue weighted by Crippen LogP contribution is 2.39. The number of carbonyl (C=O) groups is 3. The molecule has 0 spiro atoms. The number of aliphatic hydroxyl groups is 1. The Morgan fingerprint density at radius 2 is 1.75 bits per heavy atom. The van der Waals surface area contributed by atoms with Crippen molar-refractivity contribution >= 4 is 17.7 Å². The predicted molar refractivity (Wildman–Crippen MR) is 148 cm³/mol. The Morgan fingerprint density at radius 3 is 2.45 bits per heavy atom. The van der Waals surface area contributed by atoms with Crippen molar-refractivity contribution in [2.24, 2.45) is 0 Å². The molecule has 1 fully saturated rings. The molecule has 1 aliphatic carbocycles. The lowest BCUT2D eigenvalue weighted by Crippen LogP contribution is -2.59. The van der Waals surface area contributed by atoms with Crippen molar-refractivity contribution in [1.82, 2.24) is 20.9 Å². The third kappa shape index (κ3) is 7.37. The normalized spacial score (nSPS) is 26.4. The summed E-state index contributed by atoms with van der Waals surface area (Å²) in [6.45, 7) is 4.17. The Hall–Kier alpha value is -3.50. The molecule has 4 atom stereocenters. The first-order valence-electron chi connectivity index (χ1n) is 13.9. The minimum absolute atomic E-state index is 0.153. The lowest BCUT2D eigenvalue weighted by molar-refractivity contribution is -0.143. The lowest BCUT2D eigenvalue weighted by Gasteiger charge is -2.32. The van der Waals surface area contributed by atoms with Gasteiger partial charge in [0, 0.05) is 26.6 Å². The summed E-state index contributed by atoms with van der Waals surface area (Å²) < 4.78 is 19.6. The van der Waals surface area contributed by atoms with Gasteiger partial charge in [-0.15, -0.1) is 0 Å². The van der Waals surface area contributed by atoms with E-state index in [1.807, 2.05) is 31.2 Å². The maximum absolute atomic E-state index is 13.5. The number of nitrogens with one attached hydrogen (secondary N) is 3. The van der Waals surface area contributed by atoms with Crippen molar-refractivity contribution in [3.05, 3.63) is 65.5 Å². The summed E-state index contributed by atoms with van der Waals surface area (Å²) in [6.07, 6.45) is 2.12. The van der Waals surface area contributed by atoms with E-state index in [1.54, 1.807) is 19.1 Å². The summed E-state index contributed by atoms with van der Waals surface area (Å²) in [4.78, 5) is 41.3. The molecule has 4 unspecified atom stereocenters. The minimum Gasteiger partial charge on any atom is -0.489 e. The van der Waals surface area contributed by atoms with Crippen LogP contribution in [0, 0.1) is 5.82 Å². The molecule has 40 heavy (non-hydrogen) atoms. The average molecular weight is 555 g/mol. The zero-order chi connectivity index (χ0) is 28.9. The summed E-state index contributed by atoms with van der Waals surface area (Å²) >= 11 is 0. The molecule has 3 amide bonds. The molecule has 0 bridgehead atoms. The van der Waals surface area contributed by atoms with Gasteiger partial charge >= 0.3 is 0 Å². The highest BCUT2D eigenvalue weighted by molar-refractivity contribution is 5.93. The molecule has 0 saturated heterocycles. The Labute approximate surface area is 234 Å². The van der Waals surface area contributed by atoms with Crippen LogP contribution < -0.4 is 20.7 Å². The number of carbonyl (C=O) groups excluding carboxylic acids is 3. The van der Waals surface area contributed by atoms with E-state index in [2.05, 4.69) is 16.0 Å². The number of rotatable bonds is 3. The van der Waals surface area contributed by atoms with Gasteiger partial charge in [-0.25, -0.2) is 4.39 Å². The number of hydrogen-bond acceptors (Lipinski definition) is 6. The van der Waals surface area contributed by atoms with Crippen molar-refractivity contribution in [3.8, 4) is 5.75 Å². The van der Waals surface area contributed by atoms with Gasteiger partial charge in [-0.2, -0.15) is 0 Å². The van der Waals surface area contributed by atoms with Gasteiger partial charge in [-0.1, -0.05) is 30.3 Å². The summed E-state index contributed by atoms with van der Waals surface area (Å²) in [5.41, 5.74) is 0.481. The number of nitrogens with zero attached hydrogens (tertiary/aromatic N) is 1. The van der Waals surface area contributed by atoms with Crippen LogP contribution in [-0.4, -0.2) is 77.7 Å². The molecule has 2 aromatic carbocycles. The number of ether oxygens (including phenoxy) is 1. The molecule has 1 aliphatic heterocycles. The number of benzene rings is 2. The standard InChI is InChI=1S/C30H39FN4O5/c1-19-18-33-26(30(39)14-15-30)29(38)35(3)20(2)27(36)34-24(17-21-10-12-23(31)13-11-21)28(37)32-16-6-8-22-7-4-5-9-25(22)40-19/h4-5,7,9-13,19-20,24,26,33,39H,6,8,14-18H2,1-3H3,(H,32,37)(H,34,36). The van der Waals surface area contributed by atoms with Crippen LogP contribution in [0.3, 0.4) is 0 Å². The maximum Gasteiger partial charge on any atom is 0.243 e. The van der Waals surface area contributed by atoms with E-state index in [1.165, 1.54) is 24.1 Å². The number of halogens is 1. The van der Waals surface area contributed by atoms with Crippen molar-refractivity contribution in [1.29, 1.82) is 0 Å². The Morgan fingerprint density at radius 1 is 1.05 bits per heavy atom. The smallest absolute Gasteiger partial charge is 0.243 e. The first-order valence-corrected chi connectivity index (χ1v) is 13.9. The van der Waals surface area contributed by atoms with Gasteiger partial charge in [0.15, 0.2) is 0 Å². The fourth-order valence-corrected chi connectivity index (χ4v) is 4.83. The zero-order valence-electron chi connectivity index (χ0n) is 23.3. The van der Waals surface area contributed by atoms with Crippen LogP contribution in [0.2, 0.25) is 0 Å². The molecule has 216 valence electrons. The van der Waals surface area contributed by atoms with E-state index in [9.17, 15) is 23.9 Å². The van der Waals surface area contributed by atoms with Crippen LogP contribution in [0.25, 0.3) is 0 Å². The van der Waals surface area contributed by atoms with Gasteiger partial charge < -0.3 is 25.4 Å². The van der Waals surface area contributed by atoms with Gasteiger partial charge in [0.2, 0.25) is 17.7 Å². The topological polar surface area (TPSA) is 120 Å². The van der Waals surface area contributed by atoms with E-state index >= 15 is 0 Å². The van der Waals surface area contributed by atoms with Crippen molar-refractivity contribution in [3.63, 3.8) is 0 Å². The number of likely N-dealkylation sites (N-methyl/N-ethyl adjacent to an activating group) is 1. The summed E-state index contributed by atoms with van der Waals surface area (Å²) in [5.74, 6) is -0.966. The second-order valence-electron chi connectivity index (χ2n) is 10.9. The van der Waals surface area contributed by atoms with Crippen LogP contribution in [0.5, 0.6) is 5.75 Å². The molecule has 9 nitrogen and oxygen atoms in total. The number of aryl methyl sites for hydroxylation is 1. The van der Waals surface area contributed by atoms with E-state index in [-0.39, 0.29) is 18.4 Å². The summed E-state index contributed by atoms with van der Waals surface area (Å²) in [7, 11) is 1.51. The Kier molecular flexibility index (Phi) is 9.42. The number of hydrogen-bond donors (Lipinski definition) is 4. The number of fused-ring (bicyclic) bond motifs is 1. The number of para-hydroxylation sites is 1. The molecule has 4 rings (SSSR count). The second-order valence-corrected chi connectivity index (χ2v) is 10.9. The molecule has 1 saturated carbocycles. The summed E-state index contributed by atoms with van der Waals surface area (Å²) in [5, 5.41) is 19.8. The Balaban J connectivity index is 1.58. The maximum atomic E-state index is 13.5. The van der Waals surface area contributed by atoms with Crippen LogP contribution in [0.15, 0.2) is 48.5 Å². The first-order chi connectivity index (χ1) is 19.1. The second kappa shape index (κ2) is 12.8. The zero-order valence-corrected chi connectivity index (χ0v) is 23.3. The van der Waals surface area contributed by atoms with Gasteiger partial charge in [0.25, 0.3) is 0 Å². The van der Waals surface area contributed by atoms with Crippen LogP contribution in [-0.2, 0) is 27.2 Å². The Bertz CT molecular complexity index is 1200. The lowest BCUT2D eigenvalue weighted by atomic mass is 10.0. The van der Waals surface area contributed by atoms with Crippen LogP contribution in [0.1, 0.15) is 44.2 Å². The average Bonchev–Trinajstić information content (AvgIpc) is 3.68. The third-order valence-corrected chi connectivity index (χ3v) is 7.67. The van der Waals surface area contributed by atoms with E-state index in [0.29, 0.717) is 44.3 Å². The number of amides is 3. The quantitative estimate of drug-likeness (QED) is 0.459. The third-order valence-electron chi connectivity index (χ3n) is 7.67. The molecule has 4 N–H and O–H groups in total. The van der Waals surface area contributed by atoms with Gasteiger partial charge in [-0.3, -0.25) is 19.7 Å². The van der Waals surface area contributed by atoms with E-state index < -0.39 is 41.4 Å². The largest absolute Gasteiger partial charge is 0.489 e. The first kappa shape index (κ1) is 29.5. The molecule has 2 aromatic rings. The molecule has 0 radical (unpaired) electrons. The highest BCUT2D eigenvalue weighted by atomic mass is 19.1. The van der Waals surface area contributed by atoms with Gasteiger partial charge in [-0.05, 0) is 68.9 Å². The van der Waals surface area contributed by atoms with Crippen LogP contribution >= 0.6 is 0 Å². The van der Waals surface area contributed by atoms with Gasteiger partial charge in [0.1, 0.15) is 35.8 Å². The van der Waals surface area contributed by atoms with Crippen LogP contribution in [0.4, 0.5) is 4.39 Å². The predicted octanol–water partition coefficient (Wildman–Crippen LogP) is 1.71. The fourth-order valence-electron chi connectivity index (χ4n) is 4.83. The molecular formula is C30H39FN4O5. The summed E-state index contributed by atoms with van der Waals surface area (Å²) in [6, 6.07) is 10.7. The van der Waals surface area contributed by atoms with Crippen molar-refractivity contribution in [2.75, 3.05) is 20.1 Å². The minimum atomic E-state index is -1.19. The van der Waals surface area contributed by atoms with Crippen molar-refractivity contribution < 1.29 is 28.6 Å². The SMILES string of the molecule is CC1CNC(C2(O)CC2)C(=O)N(C)C(C)C(=O)NC(Cc2ccc(F)cc2)C(=O)NCCCc2ccccc2O1. The van der Waals surface area contributed by atoms with E-state index in [0.717, 1.165) is 11.3 Å². The molecule has 10 heteroatoms. The van der Waals surface area contributed by atoms with Gasteiger partial charge in [0.05, 0.1) is 5.60 Å². The molecule has 1 heterocycles. The van der Waals surface area contributed by atoms with Crippen molar-refractivity contribution in [2.45, 2.75) is 75.8 Å². The molecular weight excluding hydrogens is 515 g/mol. The highest BCUT2D eigenvalue weighted by Gasteiger charge is 2.52. The monoisotopic (exact) mass is 554 g/mol. The fraction of sp³-hybridized carbons (Fsp3) is 0.500. The molecule has 2 aliphatic rings.